The highest BCUT2D eigenvalue weighted by atomic mass is 32.2. The van der Waals surface area contributed by atoms with Gasteiger partial charge in [-0.3, -0.25) is 4.72 Å². The van der Waals surface area contributed by atoms with Crippen LogP contribution in [0.15, 0.2) is 35.2 Å². The molecule has 0 aromatic heterocycles. The van der Waals surface area contributed by atoms with Gasteiger partial charge in [0.2, 0.25) is 5.75 Å². The predicted octanol–water partition coefficient (Wildman–Crippen LogP) is 2.35. The Morgan fingerprint density at radius 1 is 1.08 bits per heavy atom. The Balaban J connectivity index is 2.69. The predicted molar refractivity (Wildman–Crippen MR) is 90.3 cm³/mol. The third-order valence-electron chi connectivity index (χ3n) is 3.40. The van der Waals surface area contributed by atoms with Gasteiger partial charge < -0.3 is 19.3 Å². The number of nitrogens with one attached hydrogen (secondary N) is 1. The Morgan fingerprint density at radius 3 is 2.23 bits per heavy atom. The maximum Gasteiger partial charge on any atom is 0.338 e. The Labute approximate surface area is 149 Å². The van der Waals surface area contributed by atoms with Crippen molar-refractivity contribution in [3.63, 3.8) is 0 Å². The van der Waals surface area contributed by atoms with Crippen molar-refractivity contribution in [2.24, 2.45) is 0 Å². The summed E-state index contributed by atoms with van der Waals surface area (Å²) in [5, 5.41) is 9.43. The first kappa shape index (κ1) is 19.3. The van der Waals surface area contributed by atoms with Crippen molar-refractivity contribution in [3.8, 4) is 17.2 Å². The lowest BCUT2D eigenvalue weighted by molar-refractivity contribution is 0.0697. The molecule has 0 aliphatic carbocycles. The summed E-state index contributed by atoms with van der Waals surface area (Å²) in [6, 6.07) is 5.36. The summed E-state index contributed by atoms with van der Waals surface area (Å²) in [6.07, 6.45) is 0. The third kappa shape index (κ3) is 3.64. The topological polar surface area (TPSA) is 111 Å². The van der Waals surface area contributed by atoms with Gasteiger partial charge in [-0.05, 0) is 18.2 Å². The second kappa shape index (κ2) is 7.48. The summed E-state index contributed by atoms with van der Waals surface area (Å²) in [6.45, 7) is 0. The van der Waals surface area contributed by atoms with Crippen LogP contribution in [0.4, 0.5) is 10.1 Å². The summed E-state index contributed by atoms with van der Waals surface area (Å²) in [5.74, 6) is -2.34. The third-order valence-corrected chi connectivity index (χ3v) is 4.75. The number of methoxy groups -OCH3 is 3. The molecule has 10 heteroatoms. The molecular formula is C16H16FNO7S. The van der Waals surface area contributed by atoms with E-state index in [1.807, 2.05) is 0 Å². The minimum atomic E-state index is -4.30. The molecule has 0 radical (unpaired) electrons. The fourth-order valence-corrected chi connectivity index (χ4v) is 3.37. The van der Waals surface area contributed by atoms with Crippen molar-refractivity contribution in [2.45, 2.75) is 4.90 Å². The van der Waals surface area contributed by atoms with Gasteiger partial charge in [-0.2, -0.15) is 0 Å². The van der Waals surface area contributed by atoms with Gasteiger partial charge in [0.05, 0.1) is 31.8 Å². The van der Waals surface area contributed by atoms with E-state index in [9.17, 15) is 22.7 Å². The van der Waals surface area contributed by atoms with Crippen LogP contribution in [0.5, 0.6) is 17.2 Å². The number of carboxylic acids is 1. The van der Waals surface area contributed by atoms with E-state index in [0.29, 0.717) is 0 Å². The molecule has 8 nitrogen and oxygen atoms in total. The van der Waals surface area contributed by atoms with Gasteiger partial charge in [-0.1, -0.05) is 6.07 Å². The molecule has 0 fully saturated rings. The number of ether oxygens (including phenoxy) is 3. The van der Waals surface area contributed by atoms with Crippen LogP contribution in [0.25, 0.3) is 0 Å². The Morgan fingerprint density at radius 2 is 1.73 bits per heavy atom. The first-order valence-electron chi connectivity index (χ1n) is 7.09. The van der Waals surface area contributed by atoms with Crippen molar-refractivity contribution < 1.29 is 36.9 Å². The molecule has 0 atom stereocenters. The van der Waals surface area contributed by atoms with Crippen LogP contribution in [0, 0.1) is 5.82 Å². The van der Waals surface area contributed by atoms with Crippen LogP contribution in [0.2, 0.25) is 0 Å². The molecule has 26 heavy (non-hydrogen) atoms. The van der Waals surface area contributed by atoms with Crippen LogP contribution in [0.1, 0.15) is 10.4 Å². The van der Waals surface area contributed by atoms with Crippen molar-refractivity contribution in [3.05, 3.63) is 41.7 Å². The van der Waals surface area contributed by atoms with Gasteiger partial charge in [-0.15, -0.1) is 0 Å². The number of sulfonamides is 1. The van der Waals surface area contributed by atoms with Crippen LogP contribution < -0.4 is 18.9 Å². The number of anilines is 1. The molecular weight excluding hydrogens is 369 g/mol. The van der Waals surface area contributed by atoms with Crippen molar-refractivity contribution in [1.29, 1.82) is 0 Å². The Bertz CT molecular complexity index is 944. The molecule has 2 N–H and O–H groups in total. The number of aromatic carboxylic acids is 1. The van der Waals surface area contributed by atoms with Gasteiger partial charge in [0.1, 0.15) is 11.5 Å². The minimum Gasteiger partial charge on any atom is -0.493 e. The molecule has 0 aliphatic rings. The molecule has 0 spiro atoms. The van der Waals surface area contributed by atoms with Crippen LogP contribution in [-0.4, -0.2) is 40.8 Å². The maximum absolute atomic E-state index is 13.4. The van der Waals surface area contributed by atoms with Crippen LogP contribution >= 0.6 is 0 Å². The molecule has 2 rings (SSSR count). The number of carboxylic acid groups (broad SMARTS) is 1. The molecule has 0 bridgehead atoms. The lowest BCUT2D eigenvalue weighted by atomic mass is 10.1. The lowest BCUT2D eigenvalue weighted by Gasteiger charge is -2.19. The number of halogens is 1. The summed E-state index contributed by atoms with van der Waals surface area (Å²) in [4.78, 5) is 11.2. The fourth-order valence-electron chi connectivity index (χ4n) is 2.25. The quantitative estimate of drug-likeness (QED) is 0.752. The summed E-state index contributed by atoms with van der Waals surface area (Å²) in [5.41, 5.74) is -0.804. The standard InChI is InChI=1S/C16H16FNO7S/c1-23-12-8-11(16(19)20)13(15(25-3)14(12)24-2)18-26(21,22)10-6-4-5-9(17)7-10/h4-8,18H,1-3H3,(H,19,20). The highest BCUT2D eigenvalue weighted by Gasteiger charge is 2.28. The Hall–Kier alpha value is -3.01. The molecule has 0 saturated carbocycles. The smallest absolute Gasteiger partial charge is 0.338 e. The van der Waals surface area contributed by atoms with Crippen LogP contribution in [0.3, 0.4) is 0 Å². The minimum absolute atomic E-state index is 0.00283. The van der Waals surface area contributed by atoms with Gasteiger partial charge >= 0.3 is 5.97 Å². The zero-order valence-corrected chi connectivity index (χ0v) is 14.9. The first-order chi connectivity index (χ1) is 12.2. The average molecular weight is 385 g/mol. The second-order valence-corrected chi connectivity index (χ2v) is 6.62. The average Bonchev–Trinajstić information content (AvgIpc) is 2.60. The zero-order chi connectivity index (χ0) is 19.5. The van der Waals surface area contributed by atoms with Crippen molar-refractivity contribution in [1.82, 2.24) is 0 Å². The fraction of sp³-hybridized carbons (Fsp3) is 0.188. The van der Waals surface area contributed by atoms with E-state index in [1.54, 1.807) is 0 Å². The molecule has 140 valence electrons. The van der Waals surface area contributed by atoms with E-state index in [0.717, 1.165) is 18.2 Å². The number of hydrogen-bond acceptors (Lipinski definition) is 6. The maximum atomic E-state index is 13.4. The number of rotatable bonds is 7. The normalized spacial score (nSPS) is 10.9. The monoisotopic (exact) mass is 385 g/mol. The number of hydrogen-bond donors (Lipinski definition) is 2. The molecule has 0 amide bonds. The van der Waals surface area contributed by atoms with E-state index in [1.165, 1.54) is 33.5 Å². The molecule has 0 heterocycles. The molecule has 2 aromatic rings. The lowest BCUT2D eigenvalue weighted by Crippen LogP contribution is -2.17. The number of carbonyl (C=O) groups is 1. The SMILES string of the molecule is COc1cc(C(=O)O)c(NS(=O)(=O)c2cccc(F)c2)c(OC)c1OC. The summed E-state index contributed by atoms with van der Waals surface area (Å²) < 4.78 is 55.9. The molecule has 2 aromatic carbocycles. The van der Waals surface area contributed by atoms with Crippen molar-refractivity contribution >= 4 is 21.7 Å². The van der Waals surface area contributed by atoms with Crippen molar-refractivity contribution in [2.75, 3.05) is 26.1 Å². The highest BCUT2D eigenvalue weighted by Crippen LogP contribution is 2.45. The largest absolute Gasteiger partial charge is 0.493 e. The zero-order valence-electron chi connectivity index (χ0n) is 14.1. The second-order valence-electron chi connectivity index (χ2n) is 4.94. The van der Waals surface area contributed by atoms with Gasteiger partial charge in [0, 0.05) is 6.07 Å². The van der Waals surface area contributed by atoms with E-state index >= 15 is 0 Å². The van der Waals surface area contributed by atoms with Gasteiger partial charge in [-0.25, -0.2) is 17.6 Å². The van der Waals surface area contributed by atoms with E-state index in [-0.39, 0.29) is 27.8 Å². The highest BCUT2D eigenvalue weighted by molar-refractivity contribution is 7.92. The first-order valence-corrected chi connectivity index (χ1v) is 8.58. The van der Waals surface area contributed by atoms with E-state index < -0.39 is 27.4 Å². The van der Waals surface area contributed by atoms with E-state index in [4.69, 9.17) is 14.2 Å². The summed E-state index contributed by atoms with van der Waals surface area (Å²) >= 11 is 0. The summed E-state index contributed by atoms with van der Waals surface area (Å²) in [7, 11) is -0.513. The molecule has 0 aliphatic heterocycles. The van der Waals surface area contributed by atoms with Gasteiger partial charge in [0.15, 0.2) is 11.5 Å². The van der Waals surface area contributed by atoms with Gasteiger partial charge in [0.25, 0.3) is 10.0 Å². The number of benzene rings is 2. The molecule has 0 saturated heterocycles. The van der Waals surface area contributed by atoms with E-state index in [2.05, 4.69) is 4.72 Å². The van der Waals surface area contributed by atoms with Crippen LogP contribution in [-0.2, 0) is 10.0 Å². The molecule has 0 unspecified atom stereocenters. The Kier molecular flexibility index (Phi) is 5.56.